The Hall–Kier alpha value is -2.53. The van der Waals surface area contributed by atoms with Gasteiger partial charge >= 0.3 is 5.97 Å². The smallest absolute Gasteiger partial charge is 0.355 e. The van der Waals surface area contributed by atoms with E-state index in [1.54, 1.807) is 12.1 Å². The second-order valence-corrected chi connectivity index (χ2v) is 6.89. The monoisotopic (exact) mass is 339 g/mol. The molecule has 0 unspecified atom stereocenters. The summed E-state index contributed by atoms with van der Waals surface area (Å²) in [4.78, 5) is 15.5. The number of aromatic carboxylic acids is 1. The third kappa shape index (κ3) is 2.24. The maximum Gasteiger partial charge on any atom is 0.355 e. The summed E-state index contributed by atoms with van der Waals surface area (Å²) in [5, 5.41) is 11.4. The number of thiazole rings is 1. The van der Waals surface area contributed by atoms with Crippen molar-refractivity contribution in [2.45, 2.75) is 18.3 Å². The minimum atomic E-state index is -1.06. The van der Waals surface area contributed by atoms with Crippen LogP contribution < -0.4 is 0 Å². The Labute approximate surface area is 142 Å². The number of nitrogens with zero attached hydrogens (tertiary/aromatic N) is 1. The predicted octanol–water partition coefficient (Wildman–Crippen LogP) is 4.07. The molecule has 1 aliphatic rings. The van der Waals surface area contributed by atoms with Crippen molar-refractivity contribution in [1.82, 2.24) is 4.98 Å². The van der Waals surface area contributed by atoms with Gasteiger partial charge in [-0.05, 0) is 30.0 Å². The number of carboxylic acid groups (broad SMARTS) is 1. The number of halogens is 1. The van der Waals surface area contributed by atoms with Crippen LogP contribution in [0.5, 0.6) is 0 Å². The van der Waals surface area contributed by atoms with Gasteiger partial charge in [-0.3, -0.25) is 0 Å². The van der Waals surface area contributed by atoms with Gasteiger partial charge in [-0.25, -0.2) is 14.2 Å². The molecule has 0 saturated heterocycles. The molecule has 0 fully saturated rings. The largest absolute Gasteiger partial charge is 0.476 e. The number of hydrogen-bond donors (Lipinski definition) is 1. The van der Waals surface area contributed by atoms with Crippen LogP contribution >= 0.6 is 11.3 Å². The number of benzene rings is 2. The van der Waals surface area contributed by atoms with Gasteiger partial charge in [-0.1, -0.05) is 42.5 Å². The van der Waals surface area contributed by atoms with Gasteiger partial charge < -0.3 is 5.11 Å². The molecular weight excluding hydrogens is 325 g/mol. The molecule has 120 valence electrons. The van der Waals surface area contributed by atoms with Gasteiger partial charge in [-0.15, -0.1) is 11.3 Å². The average Bonchev–Trinajstić information content (AvgIpc) is 3.20. The number of fused-ring (bicyclic) bond motifs is 1. The van der Waals surface area contributed by atoms with Gasteiger partial charge in [0.2, 0.25) is 0 Å². The van der Waals surface area contributed by atoms with Crippen molar-refractivity contribution in [1.29, 1.82) is 0 Å². The highest BCUT2D eigenvalue weighted by molar-refractivity contribution is 7.10. The molecule has 24 heavy (non-hydrogen) atoms. The van der Waals surface area contributed by atoms with E-state index in [1.807, 2.05) is 30.3 Å². The molecule has 0 amide bonds. The number of aromatic nitrogens is 1. The molecule has 1 aliphatic carbocycles. The Bertz CT molecular complexity index is 909. The molecule has 3 nitrogen and oxygen atoms in total. The fourth-order valence-electron chi connectivity index (χ4n) is 3.51. The summed E-state index contributed by atoms with van der Waals surface area (Å²) in [6.45, 7) is 0. The van der Waals surface area contributed by atoms with E-state index in [2.05, 4.69) is 4.98 Å². The zero-order chi connectivity index (χ0) is 16.7. The lowest BCUT2D eigenvalue weighted by molar-refractivity contribution is 0.0691. The van der Waals surface area contributed by atoms with Crippen LogP contribution in [-0.2, 0) is 18.3 Å². The lowest BCUT2D eigenvalue weighted by Gasteiger charge is -2.28. The summed E-state index contributed by atoms with van der Waals surface area (Å²) in [6, 6.07) is 14.7. The number of hydrogen-bond acceptors (Lipinski definition) is 3. The van der Waals surface area contributed by atoms with Gasteiger partial charge in [0.15, 0.2) is 5.69 Å². The Kier molecular flexibility index (Phi) is 3.46. The Balaban J connectivity index is 1.91. The van der Waals surface area contributed by atoms with Crippen LogP contribution in [0.25, 0.3) is 0 Å². The van der Waals surface area contributed by atoms with Crippen LogP contribution in [0.2, 0.25) is 0 Å². The molecule has 0 saturated carbocycles. The molecule has 0 aliphatic heterocycles. The predicted molar refractivity (Wildman–Crippen MR) is 90.1 cm³/mol. The minimum Gasteiger partial charge on any atom is -0.476 e. The van der Waals surface area contributed by atoms with Crippen LogP contribution in [-0.4, -0.2) is 16.1 Å². The van der Waals surface area contributed by atoms with E-state index in [0.717, 1.165) is 11.1 Å². The first kappa shape index (κ1) is 15.0. The molecule has 0 bridgehead atoms. The number of carbonyl (C=O) groups is 1. The zero-order valence-electron chi connectivity index (χ0n) is 12.7. The van der Waals surface area contributed by atoms with Crippen LogP contribution in [0.1, 0.15) is 32.2 Å². The molecule has 0 spiro atoms. The Morgan fingerprint density at radius 3 is 2.29 bits per heavy atom. The summed E-state index contributed by atoms with van der Waals surface area (Å²) >= 11 is 1.29. The van der Waals surface area contributed by atoms with E-state index in [4.69, 9.17) is 0 Å². The number of carboxylic acids is 1. The van der Waals surface area contributed by atoms with Crippen molar-refractivity contribution in [2.75, 3.05) is 0 Å². The normalized spacial score (nSPS) is 15.2. The van der Waals surface area contributed by atoms with Gasteiger partial charge in [0, 0.05) is 10.9 Å². The maximum atomic E-state index is 14.6. The van der Waals surface area contributed by atoms with E-state index >= 15 is 0 Å². The average molecular weight is 339 g/mol. The van der Waals surface area contributed by atoms with E-state index in [-0.39, 0.29) is 11.5 Å². The fraction of sp³-hybridized carbons (Fsp3) is 0.158. The van der Waals surface area contributed by atoms with Crippen LogP contribution in [0.4, 0.5) is 4.39 Å². The molecule has 2 aromatic carbocycles. The van der Waals surface area contributed by atoms with Crippen molar-refractivity contribution < 1.29 is 14.3 Å². The van der Waals surface area contributed by atoms with Gasteiger partial charge in [0.1, 0.15) is 10.8 Å². The van der Waals surface area contributed by atoms with Crippen LogP contribution in [0.3, 0.4) is 0 Å². The van der Waals surface area contributed by atoms with E-state index in [0.29, 0.717) is 23.4 Å². The number of rotatable bonds is 3. The third-order valence-corrected chi connectivity index (χ3v) is 5.67. The van der Waals surface area contributed by atoms with Gasteiger partial charge in [0.25, 0.3) is 0 Å². The summed E-state index contributed by atoms with van der Waals surface area (Å²) in [5.41, 5.74) is 2.27. The van der Waals surface area contributed by atoms with Crippen LogP contribution in [0.15, 0.2) is 53.9 Å². The molecule has 0 radical (unpaired) electrons. The first-order chi connectivity index (χ1) is 11.6. The first-order valence-corrected chi connectivity index (χ1v) is 8.49. The first-order valence-electron chi connectivity index (χ1n) is 7.61. The molecule has 1 N–H and O–H groups in total. The molecule has 4 rings (SSSR count). The maximum absolute atomic E-state index is 14.6. The van der Waals surface area contributed by atoms with E-state index in [9.17, 15) is 14.3 Å². The topological polar surface area (TPSA) is 50.2 Å². The second kappa shape index (κ2) is 5.53. The van der Waals surface area contributed by atoms with Gasteiger partial charge in [-0.2, -0.15) is 0 Å². The van der Waals surface area contributed by atoms with Crippen LogP contribution in [0, 0.1) is 5.82 Å². The van der Waals surface area contributed by atoms with E-state index < -0.39 is 11.4 Å². The molecule has 1 heterocycles. The highest BCUT2D eigenvalue weighted by Gasteiger charge is 2.44. The summed E-state index contributed by atoms with van der Waals surface area (Å²) in [7, 11) is 0. The highest BCUT2D eigenvalue weighted by atomic mass is 32.1. The molecule has 3 aromatic rings. The standard InChI is InChI=1S/C19H14FNO2S/c20-15-8-4-3-7-14(15)19(18-21-16(11-24-18)17(22)23)9-12-5-1-2-6-13(12)10-19/h1-8,11H,9-10H2,(H,22,23). The SMILES string of the molecule is O=C(O)c1csc(C2(c3ccccc3F)Cc3ccccc3C2)n1. The van der Waals surface area contributed by atoms with Crippen molar-refractivity contribution in [3.05, 3.63) is 87.1 Å². The van der Waals surface area contributed by atoms with Crippen molar-refractivity contribution in [2.24, 2.45) is 0 Å². The minimum absolute atomic E-state index is 0.0154. The summed E-state index contributed by atoms with van der Waals surface area (Å²) in [5.74, 6) is -1.34. The second-order valence-electron chi connectivity index (χ2n) is 6.03. The summed E-state index contributed by atoms with van der Waals surface area (Å²) < 4.78 is 14.6. The summed E-state index contributed by atoms with van der Waals surface area (Å²) in [6.07, 6.45) is 1.24. The molecule has 5 heteroatoms. The lowest BCUT2D eigenvalue weighted by atomic mass is 9.78. The molecule has 0 atom stereocenters. The highest BCUT2D eigenvalue weighted by Crippen LogP contribution is 2.46. The Morgan fingerprint density at radius 2 is 1.71 bits per heavy atom. The molecular formula is C19H14FNO2S. The Morgan fingerprint density at radius 1 is 1.08 bits per heavy atom. The van der Waals surface area contributed by atoms with Crippen molar-refractivity contribution in [3.8, 4) is 0 Å². The lowest BCUT2D eigenvalue weighted by Crippen LogP contribution is -2.30. The third-order valence-electron chi connectivity index (χ3n) is 4.62. The molecule has 1 aromatic heterocycles. The van der Waals surface area contributed by atoms with Crippen molar-refractivity contribution in [3.63, 3.8) is 0 Å². The van der Waals surface area contributed by atoms with Crippen molar-refractivity contribution >= 4 is 17.3 Å². The van der Waals surface area contributed by atoms with E-state index in [1.165, 1.54) is 22.8 Å². The zero-order valence-corrected chi connectivity index (χ0v) is 13.5. The van der Waals surface area contributed by atoms with Gasteiger partial charge in [0.05, 0.1) is 5.41 Å². The quantitative estimate of drug-likeness (QED) is 0.783. The fourth-order valence-corrected chi connectivity index (χ4v) is 4.52.